The third-order valence-corrected chi connectivity index (χ3v) is 5.45. The third-order valence-electron chi connectivity index (χ3n) is 4.71. The number of hydrogen-bond donors (Lipinski definition) is 1. The predicted octanol–water partition coefficient (Wildman–Crippen LogP) is 3.98. The molecule has 0 aromatic heterocycles. The van der Waals surface area contributed by atoms with Gasteiger partial charge in [-0.25, -0.2) is 0 Å². The van der Waals surface area contributed by atoms with Gasteiger partial charge in [0.2, 0.25) is 0 Å². The Morgan fingerprint density at radius 2 is 2.00 bits per heavy atom. The topological polar surface area (TPSA) is 12.0 Å². The summed E-state index contributed by atoms with van der Waals surface area (Å²) in [5.74, 6) is 1.77. The number of hydrogen-bond acceptors (Lipinski definition) is 1. The van der Waals surface area contributed by atoms with Gasteiger partial charge >= 0.3 is 0 Å². The summed E-state index contributed by atoms with van der Waals surface area (Å²) < 4.78 is 0. The van der Waals surface area contributed by atoms with Gasteiger partial charge in [0, 0.05) is 11.6 Å². The van der Waals surface area contributed by atoms with E-state index in [1.807, 2.05) is 12.1 Å². The summed E-state index contributed by atoms with van der Waals surface area (Å²) in [4.78, 5) is 0. The Morgan fingerprint density at radius 1 is 1.18 bits per heavy atom. The van der Waals surface area contributed by atoms with Crippen LogP contribution >= 0.6 is 23.2 Å². The van der Waals surface area contributed by atoms with Gasteiger partial charge in [0.05, 0.1) is 10.0 Å². The van der Waals surface area contributed by atoms with Crippen molar-refractivity contribution in [2.75, 3.05) is 0 Å². The lowest BCUT2D eigenvalue weighted by atomic mass is 10.0. The molecule has 2 aliphatic carbocycles. The highest BCUT2D eigenvalue weighted by atomic mass is 35.5. The van der Waals surface area contributed by atoms with Crippen molar-refractivity contribution < 1.29 is 0 Å². The minimum absolute atomic E-state index is 0.238. The minimum Gasteiger partial charge on any atom is -0.304 e. The molecule has 2 saturated carbocycles. The zero-order chi connectivity index (χ0) is 11.6. The van der Waals surface area contributed by atoms with Gasteiger partial charge in [-0.3, -0.25) is 0 Å². The Kier molecular flexibility index (Phi) is 2.13. The first kappa shape index (κ1) is 10.7. The summed E-state index contributed by atoms with van der Waals surface area (Å²) >= 11 is 12.1. The summed E-state index contributed by atoms with van der Waals surface area (Å²) in [6.07, 6.45) is 5.46. The molecule has 3 fully saturated rings. The molecule has 0 radical (unpaired) electrons. The molecular weight excluding hydrogens is 253 g/mol. The summed E-state index contributed by atoms with van der Waals surface area (Å²) in [5, 5.41) is 5.20. The summed E-state index contributed by atoms with van der Waals surface area (Å²) in [5.41, 5.74) is 1.57. The highest BCUT2D eigenvalue weighted by Crippen LogP contribution is 2.61. The summed E-state index contributed by atoms with van der Waals surface area (Å²) in [6.45, 7) is 0. The number of rotatable bonds is 2. The lowest BCUT2D eigenvalue weighted by molar-refractivity contribution is 0.439. The van der Waals surface area contributed by atoms with E-state index in [2.05, 4.69) is 11.4 Å². The van der Waals surface area contributed by atoms with Crippen LogP contribution in [-0.4, -0.2) is 6.04 Å². The normalized spacial score (nSPS) is 39.2. The molecule has 4 rings (SSSR count). The molecule has 1 saturated heterocycles. The van der Waals surface area contributed by atoms with Crippen molar-refractivity contribution in [3.8, 4) is 0 Å². The highest BCUT2D eigenvalue weighted by Gasteiger charge is 2.62. The van der Waals surface area contributed by atoms with Crippen molar-refractivity contribution in [2.24, 2.45) is 11.8 Å². The van der Waals surface area contributed by atoms with Crippen LogP contribution in [0.5, 0.6) is 0 Å². The van der Waals surface area contributed by atoms with Gasteiger partial charge in [-0.2, -0.15) is 0 Å². The Morgan fingerprint density at radius 3 is 2.71 bits per heavy atom. The molecule has 1 unspecified atom stereocenters. The van der Waals surface area contributed by atoms with Gasteiger partial charge < -0.3 is 5.32 Å². The van der Waals surface area contributed by atoms with E-state index in [1.54, 1.807) is 0 Å². The number of piperidine rings is 1. The molecule has 1 nitrogen and oxygen atoms in total. The predicted molar refractivity (Wildman–Crippen MR) is 70.5 cm³/mol. The molecule has 3 heteroatoms. The van der Waals surface area contributed by atoms with Crippen LogP contribution in [0.2, 0.25) is 10.0 Å². The quantitative estimate of drug-likeness (QED) is 0.855. The molecule has 3 atom stereocenters. The zero-order valence-electron chi connectivity index (χ0n) is 9.55. The minimum atomic E-state index is 0.238. The van der Waals surface area contributed by atoms with Crippen LogP contribution in [-0.2, 0) is 5.54 Å². The lowest BCUT2D eigenvalue weighted by Gasteiger charge is -2.20. The standard InChI is InChI=1S/C14H15Cl2N/c15-11-4-3-9(5-12(11)16)14-7-10(14)6-13(17-14)8-1-2-8/h3-5,8,10,13,17H,1-2,6-7H2/t10-,13?,14-/m0/s1. The molecular formula is C14H15Cl2N. The average Bonchev–Trinajstić information content (AvgIpc) is 3.22. The molecule has 1 N–H and O–H groups in total. The first-order valence-corrected chi connectivity index (χ1v) is 7.18. The van der Waals surface area contributed by atoms with Gasteiger partial charge in [0.15, 0.2) is 0 Å². The third kappa shape index (κ3) is 1.56. The van der Waals surface area contributed by atoms with E-state index in [4.69, 9.17) is 23.2 Å². The second kappa shape index (κ2) is 3.40. The van der Waals surface area contributed by atoms with Crippen molar-refractivity contribution in [3.63, 3.8) is 0 Å². The maximum Gasteiger partial charge on any atom is 0.0595 e. The van der Waals surface area contributed by atoms with E-state index < -0.39 is 0 Å². The highest BCUT2D eigenvalue weighted by molar-refractivity contribution is 6.42. The summed E-state index contributed by atoms with van der Waals surface area (Å²) in [7, 11) is 0. The van der Waals surface area contributed by atoms with Gasteiger partial charge in [-0.05, 0) is 55.2 Å². The Labute approximate surface area is 111 Å². The SMILES string of the molecule is Clc1ccc([C@@]23C[C@@H]2CC(C2CC2)N3)cc1Cl. The number of halogens is 2. The monoisotopic (exact) mass is 267 g/mol. The molecule has 3 aliphatic rings. The fraction of sp³-hybridized carbons (Fsp3) is 0.571. The Bertz CT molecular complexity index is 483. The fourth-order valence-electron chi connectivity index (χ4n) is 3.51. The largest absolute Gasteiger partial charge is 0.304 e. The smallest absolute Gasteiger partial charge is 0.0595 e. The van der Waals surface area contributed by atoms with Gasteiger partial charge in [0.25, 0.3) is 0 Å². The van der Waals surface area contributed by atoms with E-state index in [1.165, 1.54) is 31.2 Å². The van der Waals surface area contributed by atoms with Crippen LogP contribution in [0, 0.1) is 11.8 Å². The fourth-order valence-corrected chi connectivity index (χ4v) is 3.80. The molecule has 1 heterocycles. The second-order valence-electron chi connectivity index (χ2n) is 5.83. The van der Waals surface area contributed by atoms with E-state index in [9.17, 15) is 0 Å². The van der Waals surface area contributed by atoms with Crippen LogP contribution in [0.1, 0.15) is 31.2 Å². The molecule has 1 aliphatic heterocycles. The van der Waals surface area contributed by atoms with Crippen molar-refractivity contribution in [1.82, 2.24) is 5.32 Å². The van der Waals surface area contributed by atoms with Crippen LogP contribution in [0.3, 0.4) is 0 Å². The molecule has 1 aromatic carbocycles. The molecule has 0 amide bonds. The Hall–Kier alpha value is -0.240. The summed E-state index contributed by atoms with van der Waals surface area (Å²) in [6, 6.07) is 6.86. The van der Waals surface area contributed by atoms with Gasteiger partial charge in [-0.15, -0.1) is 0 Å². The van der Waals surface area contributed by atoms with Crippen LogP contribution < -0.4 is 5.32 Å². The maximum atomic E-state index is 6.12. The van der Waals surface area contributed by atoms with Gasteiger partial charge in [-0.1, -0.05) is 29.3 Å². The molecule has 1 aromatic rings. The zero-order valence-corrected chi connectivity index (χ0v) is 11.1. The first-order chi connectivity index (χ1) is 8.19. The van der Waals surface area contributed by atoms with Crippen LogP contribution in [0.15, 0.2) is 18.2 Å². The van der Waals surface area contributed by atoms with Gasteiger partial charge in [0.1, 0.15) is 0 Å². The molecule has 0 spiro atoms. The second-order valence-corrected chi connectivity index (χ2v) is 6.64. The number of fused-ring (bicyclic) bond motifs is 1. The lowest BCUT2D eigenvalue weighted by Crippen LogP contribution is -2.34. The maximum absolute atomic E-state index is 6.12. The molecule has 17 heavy (non-hydrogen) atoms. The molecule has 90 valence electrons. The average molecular weight is 268 g/mol. The van der Waals surface area contributed by atoms with E-state index in [0.717, 1.165) is 17.9 Å². The number of benzene rings is 1. The first-order valence-electron chi connectivity index (χ1n) is 6.42. The molecule has 0 bridgehead atoms. The van der Waals surface area contributed by atoms with Crippen molar-refractivity contribution in [1.29, 1.82) is 0 Å². The number of nitrogens with one attached hydrogen (secondary N) is 1. The van der Waals surface area contributed by atoms with E-state index >= 15 is 0 Å². The Balaban J connectivity index is 1.64. The van der Waals surface area contributed by atoms with Crippen LogP contribution in [0.4, 0.5) is 0 Å². The van der Waals surface area contributed by atoms with Crippen molar-refractivity contribution in [3.05, 3.63) is 33.8 Å². The van der Waals surface area contributed by atoms with E-state index in [-0.39, 0.29) is 5.54 Å². The van der Waals surface area contributed by atoms with Crippen LogP contribution in [0.25, 0.3) is 0 Å². The van der Waals surface area contributed by atoms with E-state index in [0.29, 0.717) is 10.0 Å². The van der Waals surface area contributed by atoms with Crippen molar-refractivity contribution in [2.45, 2.75) is 37.3 Å². The van der Waals surface area contributed by atoms with Crippen molar-refractivity contribution >= 4 is 23.2 Å².